The van der Waals surface area contributed by atoms with Crippen LogP contribution in [0.3, 0.4) is 0 Å². The van der Waals surface area contributed by atoms with Gasteiger partial charge in [-0.2, -0.15) is 0 Å². The Morgan fingerprint density at radius 3 is 1.19 bits per heavy atom. The summed E-state index contributed by atoms with van der Waals surface area (Å²) < 4.78 is 7.49. The lowest BCUT2D eigenvalue weighted by atomic mass is 10.00. The van der Waals surface area contributed by atoms with Crippen molar-refractivity contribution in [3.63, 3.8) is 0 Å². The maximum Gasteiger partial charge on any atom is 0.164 e. The largest absolute Gasteiger partial charge is 0.309 e. The van der Waals surface area contributed by atoms with Crippen LogP contribution >= 0.6 is 22.7 Å². The van der Waals surface area contributed by atoms with E-state index in [-0.39, 0.29) is 0 Å². The standard InChI is InChI=1S/C51H30N4S2/c1-3-11-31(12-4-1)49-52-50(32-13-5-2-6-14-32)54-51(53-49)35-21-25-47-41(29-35)39-27-33(19-23-45(39)56-47)34-20-24-46-40(28-34)42-30-36(22-26-48(42)57-46)55-43-17-9-7-15-37(43)38-16-8-10-18-44(38)55/h1-30H. The third kappa shape index (κ3) is 5.30. The lowest BCUT2D eigenvalue weighted by Gasteiger charge is -2.09. The molecule has 0 saturated heterocycles. The molecule has 8 aromatic carbocycles. The van der Waals surface area contributed by atoms with Crippen molar-refractivity contribution in [1.29, 1.82) is 0 Å². The summed E-state index contributed by atoms with van der Waals surface area (Å²) in [4.78, 5) is 14.9. The van der Waals surface area contributed by atoms with E-state index < -0.39 is 0 Å². The molecular weight excluding hydrogens is 733 g/mol. The third-order valence-electron chi connectivity index (χ3n) is 11.1. The maximum atomic E-state index is 5.02. The van der Waals surface area contributed by atoms with E-state index in [1.165, 1.54) is 79.0 Å². The number of fused-ring (bicyclic) bond motifs is 9. The van der Waals surface area contributed by atoms with Crippen molar-refractivity contribution in [1.82, 2.24) is 19.5 Å². The minimum absolute atomic E-state index is 0.662. The van der Waals surface area contributed by atoms with Crippen LogP contribution in [0.25, 0.3) is 113 Å². The number of hydrogen-bond donors (Lipinski definition) is 0. The van der Waals surface area contributed by atoms with E-state index in [0.29, 0.717) is 17.5 Å². The first-order valence-corrected chi connectivity index (χ1v) is 20.6. The molecule has 0 radical (unpaired) electrons. The Morgan fingerprint density at radius 1 is 0.298 bits per heavy atom. The van der Waals surface area contributed by atoms with Gasteiger partial charge < -0.3 is 4.57 Å². The number of aromatic nitrogens is 4. The van der Waals surface area contributed by atoms with Crippen LogP contribution in [0.4, 0.5) is 0 Å². The number of rotatable bonds is 5. The minimum Gasteiger partial charge on any atom is -0.309 e. The van der Waals surface area contributed by atoms with E-state index in [1.807, 2.05) is 83.3 Å². The molecule has 0 unspecified atom stereocenters. The molecule has 12 rings (SSSR count). The number of benzene rings is 8. The summed E-state index contributed by atoms with van der Waals surface area (Å²) in [6.07, 6.45) is 0. The molecule has 0 amide bonds. The molecule has 266 valence electrons. The van der Waals surface area contributed by atoms with Crippen molar-refractivity contribution in [2.45, 2.75) is 0 Å². The van der Waals surface area contributed by atoms with Gasteiger partial charge in [-0.3, -0.25) is 0 Å². The molecule has 0 fully saturated rings. The van der Waals surface area contributed by atoms with Crippen molar-refractivity contribution in [3.8, 4) is 51.0 Å². The van der Waals surface area contributed by atoms with Crippen molar-refractivity contribution >= 4 is 84.8 Å². The Bertz CT molecular complexity index is 3410. The molecule has 0 spiro atoms. The molecule has 4 heterocycles. The first-order valence-electron chi connectivity index (χ1n) is 19.0. The predicted octanol–water partition coefficient (Wildman–Crippen LogP) is 14.4. The fourth-order valence-corrected chi connectivity index (χ4v) is 10.5. The summed E-state index contributed by atoms with van der Waals surface area (Å²) >= 11 is 3.68. The smallest absolute Gasteiger partial charge is 0.164 e. The van der Waals surface area contributed by atoms with Gasteiger partial charge in [0.25, 0.3) is 0 Å². The molecule has 12 aromatic rings. The van der Waals surface area contributed by atoms with Gasteiger partial charge in [-0.15, -0.1) is 22.7 Å². The summed E-state index contributed by atoms with van der Waals surface area (Å²) in [7, 11) is 0. The quantitative estimate of drug-likeness (QED) is 0.175. The van der Waals surface area contributed by atoms with E-state index in [0.717, 1.165) is 16.7 Å². The van der Waals surface area contributed by atoms with Crippen molar-refractivity contribution in [3.05, 3.63) is 182 Å². The summed E-state index contributed by atoms with van der Waals surface area (Å²) in [6.45, 7) is 0. The second kappa shape index (κ2) is 12.8. The number of nitrogens with zero attached hydrogens (tertiary/aromatic N) is 4. The Labute approximate surface area is 335 Å². The Hall–Kier alpha value is -6.99. The van der Waals surface area contributed by atoms with Crippen LogP contribution in [0.15, 0.2) is 182 Å². The molecule has 0 bridgehead atoms. The molecule has 0 aliphatic carbocycles. The zero-order chi connectivity index (χ0) is 37.5. The number of para-hydroxylation sites is 2. The molecule has 6 heteroatoms. The predicted molar refractivity (Wildman–Crippen MR) is 242 cm³/mol. The monoisotopic (exact) mass is 762 g/mol. The van der Waals surface area contributed by atoms with Crippen molar-refractivity contribution in [2.24, 2.45) is 0 Å². The van der Waals surface area contributed by atoms with Crippen LogP contribution in [-0.4, -0.2) is 19.5 Å². The second-order valence-corrected chi connectivity index (χ2v) is 16.6. The van der Waals surface area contributed by atoms with Gasteiger partial charge in [-0.1, -0.05) is 109 Å². The SMILES string of the molecule is c1ccc(-c2nc(-c3ccccc3)nc(-c3ccc4sc5ccc(-c6ccc7sc8ccc(-n9c%10ccccc%10c%10ccccc%109)cc8c7c6)cc5c4c3)n2)cc1. The fraction of sp³-hybridized carbons (Fsp3) is 0. The highest BCUT2D eigenvalue weighted by Gasteiger charge is 2.17. The van der Waals surface area contributed by atoms with Gasteiger partial charge in [0, 0.05) is 73.5 Å². The zero-order valence-corrected chi connectivity index (χ0v) is 32.1. The summed E-state index contributed by atoms with van der Waals surface area (Å²) in [5, 5.41) is 7.55. The highest BCUT2D eigenvalue weighted by molar-refractivity contribution is 7.26. The second-order valence-electron chi connectivity index (χ2n) is 14.4. The molecule has 0 saturated carbocycles. The Kier molecular flexibility index (Phi) is 7.24. The average Bonchev–Trinajstić information content (AvgIpc) is 3.95. The lowest BCUT2D eigenvalue weighted by molar-refractivity contribution is 1.07. The van der Waals surface area contributed by atoms with E-state index >= 15 is 0 Å². The summed E-state index contributed by atoms with van der Waals surface area (Å²) in [5.74, 6) is 1.99. The van der Waals surface area contributed by atoms with Gasteiger partial charge >= 0.3 is 0 Å². The molecule has 4 nitrogen and oxygen atoms in total. The first kappa shape index (κ1) is 32.3. The van der Waals surface area contributed by atoms with Crippen LogP contribution in [0.1, 0.15) is 0 Å². The van der Waals surface area contributed by atoms with E-state index in [2.05, 4.69) is 126 Å². The van der Waals surface area contributed by atoms with Gasteiger partial charge in [0.1, 0.15) is 0 Å². The number of hydrogen-bond acceptors (Lipinski definition) is 5. The highest BCUT2D eigenvalue weighted by Crippen LogP contribution is 2.42. The van der Waals surface area contributed by atoms with Crippen molar-refractivity contribution < 1.29 is 0 Å². The Morgan fingerprint density at radius 2 is 0.684 bits per heavy atom. The van der Waals surface area contributed by atoms with Crippen LogP contribution < -0.4 is 0 Å². The average molecular weight is 763 g/mol. The first-order chi connectivity index (χ1) is 28.2. The van der Waals surface area contributed by atoms with Gasteiger partial charge in [0.2, 0.25) is 0 Å². The molecule has 0 aliphatic heterocycles. The molecule has 57 heavy (non-hydrogen) atoms. The summed E-state index contributed by atoms with van der Waals surface area (Å²) in [6, 6.07) is 65.1. The highest BCUT2D eigenvalue weighted by atomic mass is 32.1. The van der Waals surface area contributed by atoms with E-state index in [1.54, 1.807) is 0 Å². The molecule has 4 aromatic heterocycles. The summed E-state index contributed by atoms with van der Waals surface area (Å²) in [5.41, 5.74) is 8.92. The topological polar surface area (TPSA) is 43.6 Å². The maximum absolute atomic E-state index is 5.02. The van der Waals surface area contributed by atoms with Gasteiger partial charge in [-0.25, -0.2) is 15.0 Å². The van der Waals surface area contributed by atoms with Crippen molar-refractivity contribution in [2.75, 3.05) is 0 Å². The Balaban J connectivity index is 0.976. The molecule has 0 N–H and O–H groups in total. The molecule has 0 atom stereocenters. The lowest BCUT2D eigenvalue weighted by Crippen LogP contribution is -2.00. The van der Waals surface area contributed by atoms with Gasteiger partial charge in [0.15, 0.2) is 17.5 Å². The van der Waals surface area contributed by atoms with Crippen LogP contribution in [-0.2, 0) is 0 Å². The molecule has 0 aliphatic rings. The molecular formula is C51H30N4S2. The van der Waals surface area contributed by atoms with Crippen LogP contribution in [0, 0.1) is 0 Å². The van der Waals surface area contributed by atoms with E-state index in [9.17, 15) is 0 Å². The van der Waals surface area contributed by atoms with Gasteiger partial charge in [0.05, 0.1) is 11.0 Å². The number of thiophene rings is 2. The minimum atomic E-state index is 0.662. The fourth-order valence-electron chi connectivity index (χ4n) is 8.32. The van der Waals surface area contributed by atoms with Crippen LogP contribution in [0.5, 0.6) is 0 Å². The van der Waals surface area contributed by atoms with Gasteiger partial charge in [-0.05, 0) is 83.9 Å². The normalized spacial score (nSPS) is 11.9. The van der Waals surface area contributed by atoms with E-state index in [4.69, 9.17) is 15.0 Å². The van der Waals surface area contributed by atoms with Crippen LogP contribution in [0.2, 0.25) is 0 Å². The third-order valence-corrected chi connectivity index (χ3v) is 13.4. The zero-order valence-electron chi connectivity index (χ0n) is 30.4.